The second kappa shape index (κ2) is 72.4. The second-order valence-electron chi connectivity index (χ2n) is 0. The molecule has 43 valence electrons. The summed E-state index contributed by atoms with van der Waals surface area (Å²) in [6, 6.07) is 0. The van der Waals surface area contributed by atoms with Crippen LogP contribution >= 0.6 is 0 Å². The smallest absolute Gasteiger partial charge is 0 e. The molecule has 0 fully saturated rings. The summed E-state index contributed by atoms with van der Waals surface area (Å²) in [5.74, 6) is 0. The molecular formula is C2H6Y9-2. The van der Waals surface area contributed by atoms with E-state index in [0.29, 0.717) is 0 Å². The third kappa shape index (κ3) is 65.0. The second-order valence-corrected chi connectivity index (χ2v) is 0. The van der Waals surface area contributed by atoms with Gasteiger partial charge in [0.05, 0.1) is 0 Å². The van der Waals surface area contributed by atoms with Crippen molar-refractivity contribution in [3.63, 3.8) is 0 Å². The topological polar surface area (TPSA) is 0 Å². The van der Waals surface area contributed by atoms with Gasteiger partial charge in [0.25, 0.3) is 0 Å². The zero-order chi connectivity index (χ0) is 0. The molecule has 0 atom stereocenters. The summed E-state index contributed by atoms with van der Waals surface area (Å²) in [5, 5.41) is 0. The molecule has 0 saturated heterocycles. The molecule has 0 bridgehead atoms. The van der Waals surface area contributed by atoms with Gasteiger partial charge in [0.15, 0.2) is 0 Å². The van der Waals surface area contributed by atoms with Crippen LogP contribution in [0, 0.1) is 14.9 Å². The Morgan fingerprint density at radius 2 is 0.182 bits per heavy atom. The minimum absolute atomic E-state index is 0. The maximum atomic E-state index is 0. The standard InChI is InChI=1S/2CH3.9Y/h2*1H3;;;;;;;;;/q2*-1;;;;;;;;;. The fraction of sp³-hybridized carbons (Fsp3) is 0. The Morgan fingerprint density at radius 3 is 0.182 bits per heavy atom. The number of rotatable bonds is 0. The average molecular weight is 830 g/mol. The van der Waals surface area contributed by atoms with Gasteiger partial charge >= 0.3 is 0 Å². The molecule has 0 aliphatic carbocycles. The maximum absolute atomic E-state index is 0. The van der Waals surface area contributed by atoms with Crippen molar-refractivity contribution in [1.29, 1.82) is 0 Å². The Bertz CT molecular complexity index is 7.52. The van der Waals surface area contributed by atoms with Gasteiger partial charge in [-0.15, -0.1) is 0 Å². The largest absolute Gasteiger partial charge is 0.358 e. The monoisotopic (exact) mass is 830 g/mol. The van der Waals surface area contributed by atoms with E-state index in [0.717, 1.165) is 0 Å². The van der Waals surface area contributed by atoms with E-state index in [-0.39, 0.29) is 309 Å². The third-order valence-corrected chi connectivity index (χ3v) is 0. The van der Waals surface area contributed by atoms with E-state index in [1.807, 2.05) is 0 Å². The van der Waals surface area contributed by atoms with Gasteiger partial charge < -0.3 is 14.9 Å². The van der Waals surface area contributed by atoms with E-state index in [2.05, 4.69) is 0 Å². The Morgan fingerprint density at radius 1 is 0.182 bits per heavy atom. The molecule has 0 aromatic heterocycles. The number of hydrogen-bond acceptors (Lipinski definition) is 0. The van der Waals surface area contributed by atoms with Crippen LogP contribution in [0.4, 0.5) is 0 Å². The molecule has 0 amide bonds. The molecular weight excluding hydrogens is 824 g/mol. The first-order chi connectivity index (χ1) is 0. The minimum atomic E-state index is 0. The van der Waals surface area contributed by atoms with Crippen LogP contribution < -0.4 is 0 Å². The van der Waals surface area contributed by atoms with E-state index in [4.69, 9.17) is 0 Å². The van der Waals surface area contributed by atoms with Gasteiger partial charge in [0.2, 0.25) is 0 Å². The number of hydrogen-bond donors (Lipinski definition) is 0. The quantitative estimate of drug-likeness (QED) is 0.319. The van der Waals surface area contributed by atoms with Gasteiger partial charge in [-0.3, -0.25) is 0 Å². The summed E-state index contributed by atoms with van der Waals surface area (Å²) < 4.78 is 0. The van der Waals surface area contributed by atoms with Crippen molar-refractivity contribution in [1.82, 2.24) is 0 Å². The van der Waals surface area contributed by atoms with Gasteiger partial charge in [0.1, 0.15) is 0 Å². The molecule has 0 spiro atoms. The van der Waals surface area contributed by atoms with Gasteiger partial charge in [-0.25, -0.2) is 0 Å². The van der Waals surface area contributed by atoms with E-state index in [1.165, 1.54) is 0 Å². The average Bonchev–Trinajstić information content (AvgIpc) is 0. The molecule has 0 aromatic rings. The first kappa shape index (κ1) is 84.3. The molecule has 0 aliphatic heterocycles. The molecule has 9 radical (unpaired) electrons. The molecule has 11 heavy (non-hydrogen) atoms. The fourth-order valence-corrected chi connectivity index (χ4v) is 0. The van der Waals surface area contributed by atoms with E-state index in [9.17, 15) is 0 Å². The van der Waals surface area contributed by atoms with Crippen LogP contribution in [0.5, 0.6) is 0 Å². The van der Waals surface area contributed by atoms with Crippen molar-refractivity contribution in [3.05, 3.63) is 14.9 Å². The molecule has 9 heteroatoms. The molecule has 0 heterocycles. The zero-order valence-electron chi connectivity index (χ0n) is 7.20. The molecule has 0 nitrogen and oxygen atoms in total. The van der Waals surface area contributed by atoms with Crippen molar-refractivity contribution < 1.29 is 294 Å². The summed E-state index contributed by atoms with van der Waals surface area (Å²) in [6.45, 7) is 0. The van der Waals surface area contributed by atoms with Crippen molar-refractivity contribution in [2.24, 2.45) is 0 Å². The van der Waals surface area contributed by atoms with Gasteiger partial charge in [0, 0.05) is 294 Å². The van der Waals surface area contributed by atoms with E-state index in [1.54, 1.807) is 0 Å². The Labute approximate surface area is 299 Å². The van der Waals surface area contributed by atoms with Crippen LogP contribution in [-0.2, 0) is 294 Å². The Hall–Kier alpha value is 9.94. The van der Waals surface area contributed by atoms with Crippen molar-refractivity contribution >= 4 is 0 Å². The van der Waals surface area contributed by atoms with Crippen LogP contribution in [-0.4, -0.2) is 0 Å². The van der Waals surface area contributed by atoms with Gasteiger partial charge in [-0.2, -0.15) is 0 Å². The van der Waals surface area contributed by atoms with E-state index < -0.39 is 0 Å². The SMILES string of the molecule is [CH3-].[CH3-].[Y].[Y].[Y].[Y].[Y].[Y].[Y].[Y].[Y]. The molecule has 0 rings (SSSR count). The predicted octanol–water partition coefficient (Wildman–Crippen LogP) is 0.878. The molecule has 0 unspecified atom stereocenters. The molecule has 0 N–H and O–H groups in total. The van der Waals surface area contributed by atoms with Crippen molar-refractivity contribution in [2.45, 2.75) is 0 Å². The summed E-state index contributed by atoms with van der Waals surface area (Å²) in [7, 11) is 0. The molecule has 0 saturated carbocycles. The van der Waals surface area contributed by atoms with Gasteiger partial charge in [-0.05, 0) is 0 Å². The van der Waals surface area contributed by atoms with Crippen LogP contribution in [0.25, 0.3) is 0 Å². The summed E-state index contributed by atoms with van der Waals surface area (Å²) in [5.41, 5.74) is 0. The summed E-state index contributed by atoms with van der Waals surface area (Å²) in [6.07, 6.45) is 0. The van der Waals surface area contributed by atoms with Crippen LogP contribution in [0.3, 0.4) is 0 Å². The fourth-order valence-electron chi connectivity index (χ4n) is 0. The summed E-state index contributed by atoms with van der Waals surface area (Å²) in [4.78, 5) is 0. The maximum Gasteiger partial charge on any atom is 0 e. The molecule has 0 aliphatic rings. The first-order valence-corrected chi connectivity index (χ1v) is 0. The van der Waals surface area contributed by atoms with Crippen LogP contribution in [0.1, 0.15) is 0 Å². The predicted molar refractivity (Wildman–Crippen MR) is 12.8 cm³/mol. The van der Waals surface area contributed by atoms with Gasteiger partial charge in [-0.1, -0.05) is 0 Å². The Balaban J connectivity index is 0. The first-order valence-electron chi connectivity index (χ1n) is 0. The van der Waals surface area contributed by atoms with E-state index >= 15 is 0 Å². The van der Waals surface area contributed by atoms with Crippen molar-refractivity contribution in [3.8, 4) is 0 Å². The van der Waals surface area contributed by atoms with Crippen LogP contribution in [0.15, 0.2) is 0 Å². The summed E-state index contributed by atoms with van der Waals surface area (Å²) >= 11 is 0. The normalized spacial score (nSPS) is 0. The van der Waals surface area contributed by atoms with Crippen molar-refractivity contribution in [2.75, 3.05) is 0 Å². The Kier molecular flexibility index (Phi) is 555. The minimum Gasteiger partial charge on any atom is -0.358 e. The molecule has 0 aromatic carbocycles. The third-order valence-electron chi connectivity index (χ3n) is 0. The van der Waals surface area contributed by atoms with Crippen LogP contribution in [0.2, 0.25) is 0 Å². The zero-order valence-corrected chi connectivity index (χ0v) is 32.7.